The number of nitrogen functional groups attached to an aromatic ring is 1. The van der Waals surface area contributed by atoms with E-state index in [1.165, 1.54) is 19.3 Å². The van der Waals surface area contributed by atoms with E-state index in [9.17, 15) is 0 Å². The van der Waals surface area contributed by atoms with Crippen LogP contribution in [-0.2, 0) is 17.7 Å². The number of fused-ring (bicyclic) bond motifs is 1. The van der Waals surface area contributed by atoms with Gasteiger partial charge in [0.25, 0.3) is 5.88 Å². The number of nitrogens with two attached hydrogens (primary N) is 1. The first-order valence-electron chi connectivity index (χ1n) is 12.1. The van der Waals surface area contributed by atoms with Crippen LogP contribution in [0.3, 0.4) is 0 Å². The van der Waals surface area contributed by atoms with Gasteiger partial charge in [0, 0.05) is 32.2 Å². The number of nitrogens with zero attached hydrogens (tertiary/aromatic N) is 4. The number of nitrogens with one attached hydrogen (secondary N) is 1. The van der Waals surface area contributed by atoms with Gasteiger partial charge in [0.05, 0.1) is 6.10 Å². The molecule has 1 aliphatic heterocycles. The second-order valence-electron chi connectivity index (χ2n) is 8.79. The fraction of sp³-hybridized carbons (Fsp3) is 0.783. The summed E-state index contributed by atoms with van der Waals surface area (Å²) in [5.74, 6) is 1.98. The Hall–Kier alpha value is -1.93. The Balaban J connectivity index is 1.58. The average Bonchev–Trinajstić information content (AvgIpc) is 3.13. The summed E-state index contributed by atoms with van der Waals surface area (Å²) >= 11 is 0. The molecule has 174 valence electrons. The maximum absolute atomic E-state index is 6.12. The van der Waals surface area contributed by atoms with Gasteiger partial charge in [-0.2, -0.15) is 0 Å². The summed E-state index contributed by atoms with van der Waals surface area (Å²) in [6.07, 6.45) is 10.2. The van der Waals surface area contributed by atoms with Crippen molar-refractivity contribution in [3.05, 3.63) is 5.82 Å². The molecule has 31 heavy (non-hydrogen) atoms. The van der Waals surface area contributed by atoms with Gasteiger partial charge in [-0.3, -0.25) is 0 Å². The van der Waals surface area contributed by atoms with Gasteiger partial charge in [-0.05, 0) is 52.5 Å². The molecule has 1 fully saturated rings. The smallest absolute Gasteiger partial charge is 0.260 e. The summed E-state index contributed by atoms with van der Waals surface area (Å²) < 4.78 is 13.6. The molecule has 1 saturated heterocycles. The predicted molar refractivity (Wildman–Crippen MR) is 124 cm³/mol. The lowest BCUT2D eigenvalue weighted by molar-refractivity contribution is 0.0780. The van der Waals surface area contributed by atoms with Gasteiger partial charge in [-0.15, -0.1) is 10.2 Å². The van der Waals surface area contributed by atoms with Crippen LogP contribution in [0.15, 0.2) is 0 Å². The minimum absolute atomic E-state index is 0.0202. The van der Waals surface area contributed by atoms with Gasteiger partial charge in [-0.1, -0.05) is 26.2 Å². The van der Waals surface area contributed by atoms with Crippen molar-refractivity contribution < 1.29 is 9.47 Å². The molecule has 3 heterocycles. The molecule has 0 bridgehead atoms. The molecule has 0 atom stereocenters. The van der Waals surface area contributed by atoms with E-state index in [2.05, 4.69) is 27.0 Å². The van der Waals surface area contributed by atoms with E-state index in [0.29, 0.717) is 17.7 Å². The van der Waals surface area contributed by atoms with Crippen LogP contribution in [0.4, 0.5) is 5.82 Å². The molecular weight excluding hydrogens is 392 g/mol. The first-order chi connectivity index (χ1) is 15.1. The molecule has 3 rings (SSSR count). The molecule has 0 amide bonds. The van der Waals surface area contributed by atoms with Crippen LogP contribution in [0.1, 0.15) is 78.0 Å². The van der Waals surface area contributed by atoms with Crippen LogP contribution in [0, 0.1) is 0 Å². The minimum Gasteiger partial charge on any atom is -0.472 e. The Labute approximate surface area is 186 Å². The third-order valence-electron chi connectivity index (χ3n) is 5.80. The van der Waals surface area contributed by atoms with Crippen LogP contribution in [-0.4, -0.2) is 51.7 Å². The van der Waals surface area contributed by atoms with E-state index in [1.54, 1.807) is 0 Å². The number of hydrogen-bond acceptors (Lipinski definition) is 7. The van der Waals surface area contributed by atoms with Crippen LogP contribution in [0.25, 0.3) is 11.0 Å². The molecular formula is C23H40N6O2. The van der Waals surface area contributed by atoms with Crippen molar-refractivity contribution in [3.63, 3.8) is 0 Å². The lowest BCUT2D eigenvalue weighted by atomic mass is 10.1. The SMILES string of the molecule is CCCCc1nc2c(N)nnc(OC(C)C)c2n1CCCCCCNC1CCOCC1. The Bertz CT molecular complexity index is 801. The topological polar surface area (TPSA) is 100 Å². The maximum Gasteiger partial charge on any atom is 0.260 e. The number of unbranched alkanes of at least 4 members (excludes halogenated alkanes) is 4. The zero-order valence-electron chi connectivity index (χ0n) is 19.5. The van der Waals surface area contributed by atoms with Crippen molar-refractivity contribution in [2.45, 2.75) is 97.2 Å². The molecule has 0 spiro atoms. The maximum atomic E-state index is 6.12. The molecule has 0 radical (unpaired) electrons. The Kier molecular flexibility index (Phi) is 9.33. The van der Waals surface area contributed by atoms with Crippen LogP contribution in [0.5, 0.6) is 5.88 Å². The van der Waals surface area contributed by atoms with Gasteiger partial charge in [0.2, 0.25) is 0 Å². The zero-order valence-corrected chi connectivity index (χ0v) is 19.5. The van der Waals surface area contributed by atoms with Crippen molar-refractivity contribution in [3.8, 4) is 5.88 Å². The highest BCUT2D eigenvalue weighted by molar-refractivity contribution is 5.88. The number of aromatic nitrogens is 4. The van der Waals surface area contributed by atoms with E-state index in [0.717, 1.165) is 81.7 Å². The second kappa shape index (κ2) is 12.2. The molecule has 2 aromatic heterocycles. The first-order valence-corrected chi connectivity index (χ1v) is 12.1. The Morgan fingerprint density at radius 3 is 2.65 bits per heavy atom. The fourth-order valence-corrected chi connectivity index (χ4v) is 4.11. The highest BCUT2D eigenvalue weighted by Gasteiger charge is 2.20. The second-order valence-corrected chi connectivity index (χ2v) is 8.79. The summed E-state index contributed by atoms with van der Waals surface area (Å²) in [5.41, 5.74) is 7.73. The van der Waals surface area contributed by atoms with Crippen LogP contribution in [0.2, 0.25) is 0 Å². The van der Waals surface area contributed by atoms with Crippen molar-refractivity contribution >= 4 is 16.9 Å². The molecule has 0 saturated carbocycles. The number of hydrogen-bond donors (Lipinski definition) is 2. The molecule has 0 aromatic carbocycles. The lowest BCUT2D eigenvalue weighted by Crippen LogP contribution is -2.35. The number of aryl methyl sites for hydroxylation is 2. The highest BCUT2D eigenvalue weighted by Crippen LogP contribution is 2.29. The highest BCUT2D eigenvalue weighted by atomic mass is 16.5. The third-order valence-corrected chi connectivity index (χ3v) is 5.80. The van der Waals surface area contributed by atoms with Crippen molar-refractivity contribution in [2.75, 3.05) is 25.5 Å². The molecule has 1 aliphatic rings. The van der Waals surface area contributed by atoms with Gasteiger partial charge in [-0.25, -0.2) is 4.98 Å². The van der Waals surface area contributed by atoms with Crippen molar-refractivity contribution in [2.24, 2.45) is 0 Å². The van der Waals surface area contributed by atoms with Crippen LogP contribution >= 0.6 is 0 Å². The van der Waals surface area contributed by atoms with Gasteiger partial charge in [0.15, 0.2) is 5.82 Å². The average molecular weight is 433 g/mol. The molecule has 0 aliphatic carbocycles. The molecule has 8 heteroatoms. The molecule has 2 aromatic rings. The molecule has 3 N–H and O–H groups in total. The van der Waals surface area contributed by atoms with E-state index < -0.39 is 0 Å². The largest absolute Gasteiger partial charge is 0.472 e. The zero-order chi connectivity index (χ0) is 22.1. The summed E-state index contributed by atoms with van der Waals surface area (Å²) in [6.45, 7) is 9.99. The van der Waals surface area contributed by atoms with Gasteiger partial charge in [0.1, 0.15) is 16.9 Å². The molecule has 0 unspecified atom stereocenters. The Morgan fingerprint density at radius 2 is 1.90 bits per heavy atom. The van der Waals surface area contributed by atoms with Crippen molar-refractivity contribution in [1.82, 2.24) is 25.1 Å². The number of anilines is 1. The summed E-state index contributed by atoms with van der Waals surface area (Å²) in [4.78, 5) is 4.83. The number of imidazole rings is 1. The van der Waals surface area contributed by atoms with E-state index in [1.807, 2.05) is 13.8 Å². The fourth-order valence-electron chi connectivity index (χ4n) is 4.11. The van der Waals surface area contributed by atoms with E-state index >= 15 is 0 Å². The lowest BCUT2D eigenvalue weighted by Gasteiger charge is -2.23. The first kappa shape index (κ1) is 23.7. The van der Waals surface area contributed by atoms with Crippen molar-refractivity contribution in [1.29, 1.82) is 0 Å². The van der Waals surface area contributed by atoms with Gasteiger partial charge < -0.3 is 25.1 Å². The molecule has 8 nitrogen and oxygen atoms in total. The number of rotatable bonds is 13. The summed E-state index contributed by atoms with van der Waals surface area (Å²) in [7, 11) is 0. The number of ether oxygens (including phenoxy) is 2. The predicted octanol–water partition coefficient (Wildman–Crippen LogP) is 3.87. The van der Waals surface area contributed by atoms with E-state index in [4.69, 9.17) is 20.2 Å². The van der Waals surface area contributed by atoms with Crippen LogP contribution < -0.4 is 15.8 Å². The standard InChI is InChI=1S/C23H40N6O2/c1-4-5-10-19-26-20-21(23(31-17(2)3)28-27-22(20)24)29(19)14-9-7-6-8-13-25-18-11-15-30-16-12-18/h17-18,25H,4-16H2,1-3H3,(H2,24,27). The third kappa shape index (κ3) is 6.77. The summed E-state index contributed by atoms with van der Waals surface area (Å²) in [5, 5.41) is 12.0. The Morgan fingerprint density at radius 1 is 1.13 bits per heavy atom. The quantitative estimate of drug-likeness (QED) is 0.463. The monoisotopic (exact) mass is 432 g/mol. The minimum atomic E-state index is 0.0202. The van der Waals surface area contributed by atoms with Gasteiger partial charge >= 0.3 is 0 Å². The normalized spacial score (nSPS) is 15.2. The van der Waals surface area contributed by atoms with E-state index in [-0.39, 0.29) is 6.10 Å². The summed E-state index contributed by atoms with van der Waals surface area (Å²) in [6, 6.07) is 0.637.